The lowest BCUT2D eigenvalue weighted by atomic mass is 10.2. The van der Waals surface area contributed by atoms with Gasteiger partial charge in [-0.1, -0.05) is 0 Å². The molecular weight excluding hydrogens is 278 g/mol. The van der Waals surface area contributed by atoms with Crippen molar-refractivity contribution in [1.82, 2.24) is 14.7 Å². The molecule has 1 fully saturated rings. The zero-order chi connectivity index (χ0) is 14.9. The summed E-state index contributed by atoms with van der Waals surface area (Å²) in [5.74, 6) is -0.293. The number of aryl methyl sites for hydroxylation is 1. The lowest BCUT2D eigenvalue weighted by Gasteiger charge is -2.26. The summed E-state index contributed by atoms with van der Waals surface area (Å²) < 4.78 is 24.9. The fourth-order valence-corrected chi connectivity index (χ4v) is 3.02. The number of nitrogens with zero attached hydrogens (tertiary/aromatic N) is 3. The topological polar surface area (TPSA) is 72.3 Å². The van der Waals surface area contributed by atoms with Crippen LogP contribution in [0.25, 0.3) is 0 Å². The van der Waals surface area contributed by atoms with Crippen LogP contribution < -0.4 is 0 Å². The lowest BCUT2D eigenvalue weighted by molar-refractivity contribution is -0.131. The smallest absolute Gasteiger partial charge is 0.240 e. The first-order valence-electron chi connectivity index (χ1n) is 6.77. The minimum absolute atomic E-state index is 0.0333. The summed E-state index contributed by atoms with van der Waals surface area (Å²) in [4.78, 5) is 14.0. The van der Waals surface area contributed by atoms with Crippen LogP contribution in [-0.2, 0) is 21.2 Å². The van der Waals surface area contributed by atoms with Gasteiger partial charge in [-0.25, -0.2) is 8.42 Å². The van der Waals surface area contributed by atoms with E-state index < -0.39 is 15.1 Å². The Hall–Kier alpha value is -1.37. The van der Waals surface area contributed by atoms with E-state index in [4.69, 9.17) is 0 Å². The third kappa shape index (κ3) is 3.20. The van der Waals surface area contributed by atoms with Crippen molar-refractivity contribution < 1.29 is 13.2 Å². The van der Waals surface area contributed by atoms with Crippen molar-refractivity contribution in [2.45, 2.75) is 44.5 Å². The van der Waals surface area contributed by atoms with Crippen molar-refractivity contribution in [2.75, 3.05) is 12.8 Å². The molecule has 0 spiro atoms. The van der Waals surface area contributed by atoms with Crippen LogP contribution in [0.1, 0.15) is 25.3 Å². The first-order valence-corrected chi connectivity index (χ1v) is 8.73. The number of carbonyl (C=O) groups excluding carboxylic acids is 1. The Kier molecular flexibility index (Phi) is 4.17. The minimum Gasteiger partial charge on any atom is -0.337 e. The summed E-state index contributed by atoms with van der Waals surface area (Å²) in [6, 6.07) is 0.0333. The summed E-state index contributed by atoms with van der Waals surface area (Å²) in [5.41, 5.74) is 1.07. The Labute approximate surface area is 119 Å². The summed E-state index contributed by atoms with van der Waals surface area (Å²) in [6.45, 7) is 4.68. The molecular formula is C13H21N3O3S. The Balaban J connectivity index is 2.09. The summed E-state index contributed by atoms with van der Waals surface area (Å²) in [7, 11) is -3.35. The van der Waals surface area contributed by atoms with E-state index in [-0.39, 0.29) is 11.9 Å². The predicted molar refractivity (Wildman–Crippen MR) is 76.0 cm³/mol. The van der Waals surface area contributed by atoms with Crippen molar-refractivity contribution in [1.29, 1.82) is 0 Å². The van der Waals surface area contributed by atoms with E-state index >= 15 is 0 Å². The maximum absolute atomic E-state index is 12.3. The molecule has 1 saturated heterocycles. The fourth-order valence-electron chi connectivity index (χ4n) is 2.52. The van der Waals surface area contributed by atoms with Crippen molar-refractivity contribution in [3.63, 3.8) is 0 Å². The lowest BCUT2D eigenvalue weighted by Crippen LogP contribution is -2.45. The summed E-state index contributed by atoms with van der Waals surface area (Å²) in [5, 5.41) is 3.26. The maximum atomic E-state index is 12.3. The zero-order valence-corrected chi connectivity index (χ0v) is 12.9. The summed E-state index contributed by atoms with van der Waals surface area (Å²) in [6.07, 6.45) is 6.62. The molecule has 6 nitrogen and oxygen atoms in total. The van der Waals surface area contributed by atoms with E-state index in [0.29, 0.717) is 13.1 Å². The third-order valence-corrected chi connectivity index (χ3v) is 5.30. The van der Waals surface area contributed by atoms with Crippen molar-refractivity contribution in [3.8, 4) is 0 Å². The van der Waals surface area contributed by atoms with Crippen LogP contribution in [0.15, 0.2) is 12.4 Å². The molecule has 2 rings (SSSR count). The number of amides is 1. The Morgan fingerprint density at radius 1 is 1.55 bits per heavy atom. The molecule has 1 aliphatic rings. The van der Waals surface area contributed by atoms with Gasteiger partial charge in [0.2, 0.25) is 5.91 Å². The standard InChI is InChI=1S/C13H21N3O3S/c1-10-7-14-15(8-10)9-12-5-4-6-16(12)13(17)11(2)20(3,18)19/h7-8,11-12H,4-6,9H2,1-3H3/t11-,12+/m0/s1. The molecule has 2 heterocycles. The molecule has 7 heteroatoms. The fraction of sp³-hybridized carbons (Fsp3) is 0.692. The Morgan fingerprint density at radius 2 is 2.25 bits per heavy atom. The number of aromatic nitrogens is 2. The van der Waals surface area contributed by atoms with E-state index in [1.165, 1.54) is 6.92 Å². The third-order valence-electron chi connectivity index (χ3n) is 3.81. The number of carbonyl (C=O) groups is 1. The van der Waals surface area contributed by atoms with Crippen LogP contribution >= 0.6 is 0 Å². The van der Waals surface area contributed by atoms with Gasteiger partial charge in [-0.2, -0.15) is 5.10 Å². The Morgan fingerprint density at radius 3 is 2.80 bits per heavy atom. The van der Waals surface area contributed by atoms with Crippen LogP contribution in [0.4, 0.5) is 0 Å². The molecule has 20 heavy (non-hydrogen) atoms. The highest BCUT2D eigenvalue weighted by atomic mass is 32.2. The molecule has 2 atom stereocenters. The second-order valence-corrected chi connectivity index (χ2v) is 7.91. The van der Waals surface area contributed by atoms with Crippen LogP contribution in [0.3, 0.4) is 0 Å². The molecule has 0 radical (unpaired) electrons. The number of likely N-dealkylation sites (tertiary alicyclic amines) is 1. The van der Waals surface area contributed by atoms with E-state index in [9.17, 15) is 13.2 Å². The molecule has 0 aromatic carbocycles. The van der Waals surface area contributed by atoms with Crippen molar-refractivity contribution in [3.05, 3.63) is 18.0 Å². The number of rotatable bonds is 4. The molecule has 1 aromatic heterocycles. The SMILES string of the molecule is Cc1cnn(C[C@H]2CCCN2C(=O)[C@H](C)S(C)(=O)=O)c1. The molecule has 0 unspecified atom stereocenters. The van der Waals surface area contributed by atoms with Gasteiger partial charge in [-0.05, 0) is 32.3 Å². The quantitative estimate of drug-likeness (QED) is 0.817. The van der Waals surface area contributed by atoms with Crippen LogP contribution in [0.5, 0.6) is 0 Å². The van der Waals surface area contributed by atoms with E-state index in [1.54, 1.807) is 11.1 Å². The average molecular weight is 299 g/mol. The first kappa shape index (κ1) is 15.0. The van der Waals surface area contributed by atoms with Gasteiger partial charge in [-0.3, -0.25) is 9.48 Å². The van der Waals surface area contributed by atoms with Gasteiger partial charge in [-0.15, -0.1) is 0 Å². The van der Waals surface area contributed by atoms with Gasteiger partial charge in [0.1, 0.15) is 5.25 Å². The van der Waals surface area contributed by atoms with Crippen molar-refractivity contribution in [2.24, 2.45) is 0 Å². The average Bonchev–Trinajstić information content (AvgIpc) is 2.96. The highest BCUT2D eigenvalue weighted by molar-refractivity contribution is 7.92. The first-order chi connectivity index (χ1) is 9.29. The number of hydrogen-bond donors (Lipinski definition) is 0. The minimum atomic E-state index is -3.35. The van der Waals surface area contributed by atoms with Gasteiger partial charge < -0.3 is 4.90 Å². The van der Waals surface area contributed by atoms with E-state index in [2.05, 4.69) is 5.10 Å². The van der Waals surface area contributed by atoms with Gasteiger partial charge in [0.05, 0.1) is 18.8 Å². The van der Waals surface area contributed by atoms with E-state index in [1.807, 2.05) is 17.8 Å². The van der Waals surface area contributed by atoms with Gasteiger partial charge >= 0.3 is 0 Å². The van der Waals surface area contributed by atoms with Crippen LogP contribution in [0, 0.1) is 6.92 Å². The zero-order valence-electron chi connectivity index (χ0n) is 12.1. The van der Waals surface area contributed by atoms with Crippen molar-refractivity contribution >= 4 is 15.7 Å². The molecule has 1 amide bonds. The van der Waals surface area contributed by atoms with Gasteiger partial charge in [0.15, 0.2) is 9.84 Å². The second-order valence-electron chi connectivity index (χ2n) is 5.54. The van der Waals surface area contributed by atoms with Gasteiger partial charge in [0, 0.05) is 19.0 Å². The summed E-state index contributed by atoms with van der Waals surface area (Å²) >= 11 is 0. The monoisotopic (exact) mass is 299 g/mol. The molecule has 1 aromatic rings. The molecule has 1 aliphatic heterocycles. The van der Waals surface area contributed by atoms with E-state index in [0.717, 1.165) is 24.7 Å². The van der Waals surface area contributed by atoms with Gasteiger partial charge in [0.25, 0.3) is 0 Å². The highest BCUT2D eigenvalue weighted by Gasteiger charge is 2.35. The molecule has 112 valence electrons. The van der Waals surface area contributed by atoms with Crippen LogP contribution in [0.2, 0.25) is 0 Å². The second kappa shape index (κ2) is 5.55. The molecule has 0 N–H and O–H groups in total. The molecule has 0 aliphatic carbocycles. The predicted octanol–water partition coefficient (Wildman–Crippen LogP) is 0.616. The number of hydrogen-bond acceptors (Lipinski definition) is 4. The maximum Gasteiger partial charge on any atom is 0.240 e. The highest BCUT2D eigenvalue weighted by Crippen LogP contribution is 2.21. The Bertz CT molecular complexity index is 594. The normalized spacial score (nSPS) is 21.1. The number of sulfone groups is 1. The molecule has 0 bridgehead atoms. The largest absolute Gasteiger partial charge is 0.337 e. The van der Waals surface area contributed by atoms with Crippen LogP contribution in [-0.4, -0.2) is 53.1 Å². The molecule has 0 saturated carbocycles.